The average molecular weight is 377 g/mol. The highest BCUT2D eigenvalue weighted by Gasteiger charge is 2.21. The Morgan fingerprint density at radius 3 is 2.43 bits per heavy atom. The molecule has 0 bridgehead atoms. The first kappa shape index (κ1) is 15.7. The maximum atomic E-state index is 13.8. The predicted octanol–water partition coefficient (Wildman–Crippen LogP) is 3.42. The Kier molecular flexibility index (Phi) is 4.20. The van der Waals surface area contributed by atoms with E-state index in [0.717, 1.165) is 18.2 Å². The summed E-state index contributed by atoms with van der Waals surface area (Å²) < 4.78 is 54.2. The zero-order chi connectivity index (χ0) is 15.8. The molecule has 2 aromatic carbocycles. The molecule has 0 aliphatic heterocycles. The molecule has 0 unspecified atom stereocenters. The first-order chi connectivity index (χ1) is 9.70. The van der Waals surface area contributed by atoms with Gasteiger partial charge in [0.1, 0.15) is 16.5 Å². The first-order valence-electron chi connectivity index (χ1n) is 5.74. The lowest BCUT2D eigenvalue weighted by Crippen LogP contribution is -2.16. The van der Waals surface area contributed by atoms with Crippen molar-refractivity contribution in [1.82, 2.24) is 0 Å². The zero-order valence-corrected chi connectivity index (χ0v) is 13.2. The van der Waals surface area contributed by atoms with Crippen molar-refractivity contribution >= 4 is 37.3 Å². The molecule has 112 valence electrons. The summed E-state index contributed by atoms with van der Waals surface area (Å²) in [6.45, 7) is 1.55. The van der Waals surface area contributed by atoms with Crippen molar-refractivity contribution in [3.63, 3.8) is 0 Å². The highest BCUT2D eigenvalue weighted by Crippen LogP contribution is 2.26. The van der Waals surface area contributed by atoms with Crippen LogP contribution < -0.4 is 10.5 Å². The van der Waals surface area contributed by atoms with Crippen molar-refractivity contribution in [2.45, 2.75) is 11.8 Å². The molecule has 0 spiro atoms. The van der Waals surface area contributed by atoms with Crippen LogP contribution in [0.25, 0.3) is 0 Å². The topological polar surface area (TPSA) is 72.2 Å². The monoisotopic (exact) mass is 376 g/mol. The van der Waals surface area contributed by atoms with Crippen LogP contribution in [0.1, 0.15) is 5.56 Å². The lowest BCUT2D eigenvalue weighted by atomic mass is 10.2. The summed E-state index contributed by atoms with van der Waals surface area (Å²) >= 11 is 3.06. The number of nitrogens with one attached hydrogen (secondary N) is 1. The van der Waals surface area contributed by atoms with Crippen LogP contribution in [-0.2, 0) is 10.0 Å². The number of nitrogen functional groups attached to an aromatic ring is 1. The maximum Gasteiger partial charge on any atom is 0.264 e. The molecule has 3 N–H and O–H groups in total. The van der Waals surface area contributed by atoms with E-state index in [2.05, 4.69) is 15.9 Å². The number of halogens is 3. The molecule has 0 radical (unpaired) electrons. The van der Waals surface area contributed by atoms with E-state index in [0.29, 0.717) is 10.0 Å². The van der Waals surface area contributed by atoms with Gasteiger partial charge in [0, 0.05) is 10.2 Å². The fraction of sp³-hybridized carbons (Fsp3) is 0.0769. The van der Waals surface area contributed by atoms with E-state index in [1.807, 2.05) is 4.72 Å². The van der Waals surface area contributed by atoms with Crippen molar-refractivity contribution in [1.29, 1.82) is 0 Å². The van der Waals surface area contributed by atoms with E-state index in [9.17, 15) is 17.2 Å². The minimum Gasteiger partial charge on any atom is -0.398 e. The number of aryl methyl sites for hydroxylation is 1. The van der Waals surface area contributed by atoms with Gasteiger partial charge in [0.15, 0.2) is 0 Å². The number of hydrogen-bond donors (Lipinski definition) is 2. The lowest BCUT2D eigenvalue weighted by Gasteiger charge is -2.11. The van der Waals surface area contributed by atoms with Crippen molar-refractivity contribution in [3.8, 4) is 0 Å². The smallest absolute Gasteiger partial charge is 0.264 e. The third-order valence-corrected chi connectivity index (χ3v) is 4.66. The van der Waals surface area contributed by atoms with Gasteiger partial charge in [-0.3, -0.25) is 4.72 Å². The molecule has 0 fully saturated rings. The quantitative estimate of drug-likeness (QED) is 0.806. The van der Waals surface area contributed by atoms with Crippen molar-refractivity contribution < 1.29 is 17.2 Å². The molecule has 0 aliphatic carbocycles. The number of benzene rings is 2. The normalized spacial score (nSPS) is 11.4. The zero-order valence-electron chi connectivity index (χ0n) is 10.8. The standard InChI is InChI=1S/C13H11BrF2N2O2S/c1-7-4-10(16)13(6-11(7)17)21(19,20)18-12-3-2-8(14)5-9(12)15/h2-6,18H,17H2,1H3. The van der Waals surface area contributed by atoms with Crippen LogP contribution >= 0.6 is 15.9 Å². The maximum absolute atomic E-state index is 13.8. The Balaban J connectivity index is 2.46. The molecule has 4 nitrogen and oxygen atoms in total. The van der Waals surface area contributed by atoms with Gasteiger partial charge in [-0.05, 0) is 42.8 Å². The summed E-state index contributed by atoms with van der Waals surface area (Å²) in [4.78, 5) is -0.632. The number of nitrogens with two attached hydrogens (primary N) is 1. The molecule has 0 saturated carbocycles. The predicted molar refractivity (Wildman–Crippen MR) is 80.5 cm³/mol. The summed E-state index contributed by atoms with van der Waals surface area (Å²) in [5.41, 5.74) is 5.86. The SMILES string of the molecule is Cc1cc(F)c(S(=O)(=O)Nc2ccc(Br)cc2F)cc1N. The highest BCUT2D eigenvalue weighted by molar-refractivity contribution is 9.10. The van der Waals surface area contributed by atoms with Crippen LogP contribution in [0.4, 0.5) is 20.2 Å². The number of sulfonamides is 1. The number of rotatable bonds is 3. The molecule has 0 amide bonds. The van der Waals surface area contributed by atoms with Crippen LogP contribution in [0.2, 0.25) is 0 Å². The van der Waals surface area contributed by atoms with Crippen molar-refractivity contribution in [3.05, 3.63) is 52.0 Å². The van der Waals surface area contributed by atoms with Crippen LogP contribution in [0.3, 0.4) is 0 Å². The van der Waals surface area contributed by atoms with Gasteiger partial charge in [-0.25, -0.2) is 17.2 Å². The second-order valence-electron chi connectivity index (χ2n) is 4.37. The van der Waals surface area contributed by atoms with Gasteiger partial charge in [-0.2, -0.15) is 0 Å². The van der Waals surface area contributed by atoms with E-state index in [4.69, 9.17) is 5.73 Å². The summed E-state index contributed by atoms with van der Waals surface area (Å²) in [5, 5.41) is 0. The first-order valence-corrected chi connectivity index (χ1v) is 8.02. The summed E-state index contributed by atoms with van der Waals surface area (Å²) in [6, 6.07) is 5.80. The fourth-order valence-corrected chi connectivity index (χ4v) is 3.14. The highest BCUT2D eigenvalue weighted by atomic mass is 79.9. The Morgan fingerprint density at radius 2 is 1.81 bits per heavy atom. The number of anilines is 2. The second-order valence-corrected chi connectivity index (χ2v) is 6.94. The molecule has 8 heteroatoms. The van der Waals surface area contributed by atoms with Crippen LogP contribution in [0.5, 0.6) is 0 Å². The van der Waals surface area contributed by atoms with Gasteiger partial charge >= 0.3 is 0 Å². The molecule has 2 rings (SSSR count). The lowest BCUT2D eigenvalue weighted by molar-refractivity contribution is 0.569. The van der Waals surface area contributed by atoms with E-state index >= 15 is 0 Å². The minimum atomic E-state index is -4.28. The van der Waals surface area contributed by atoms with Gasteiger partial charge in [-0.1, -0.05) is 15.9 Å². The molecular weight excluding hydrogens is 366 g/mol. The Labute approximate surface area is 129 Å². The Morgan fingerprint density at radius 1 is 1.14 bits per heavy atom. The minimum absolute atomic E-state index is 0.132. The molecule has 21 heavy (non-hydrogen) atoms. The van der Waals surface area contributed by atoms with Gasteiger partial charge in [0.25, 0.3) is 10.0 Å². The van der Waals surface area contributed by atoms with Gasteiger partial charge < -0.3 is 5.73 Å². The summed E-state index contributed by atoms with van der Waals surface area (Å²) in [6.07, 6.45) is 0. The third kappa shape index (κ3) is 3.33. The summed E-state index contributed by atoms with van der Waals surface area (Å²) in [7, 11) is -4.28. The molecule has 0 saturated heterocycles. The second kappa shape index (κ2) is 5.61. The van der Waals surface area contributed by atoms with Crippen LogP contribution in [0, 0.1) is 18.6 Å². The molecule has 0 aliphatic rings. The molecule has 0 aromatic heterocycles. The molecule has 0 atom stereocenters. The van der Waals surface area contributed by atoms with Crippen molar-refractivity contribution in [2.75, 3.05) is 10.5 Å². The van der Waals surface area contributed by atoms with Gasteiger partial charge in [-0.15, -0.1) is 0 Å². The van der Waals surface area contributed by atoms with E-state index in [-0.39, 0.29) is 11.4 Å². The van der Waals surface area contributed by atoms with E-state index in [1.54, 1.807) is 6.92 Å². The van der Waals surface area contributed by atoms with E-state index in [1.165, 1.54) is 12.1 Å². The molecule has 0 heterocycles. The van der Waals surface area contributed by atoms with Crippen LogP contribution in [-0.4, -0.2) is 8.42 Å². The molecule has 2 aromatic rings. The Bertz CT molecular complexity index is 810. The van der Waals surface area contributed by atoms with Gasteiger partial charge in [0.2, 0.25) is 0 Å². The van der Waals surface area contributed by atoms with Crippen LogP contribution in [0.15, 0.2) is 39.7 Å². The summed E-state index contributed by atoms with van der Waals surface area (Å²) in [5.74, 6) is -1.74. The van der Waals surface area contributed by atoms with Crippen molar-refractivity contribution in [2.24, 2.45) is 0 Å². The average Bonchev–Trinajstić information content (AvgIpc) is 2.37. The third-order valence-electron chi connectivity index (χ3n) is 2.79. The molecular formula is C13H11BrF2N2O2S. The number of hydrogen-bond acceptors (Lipinski definition) is 3. The van der Waals surface area contributed by atoms with E-state index < -0.39 is 26.6 Å². The fourth-order valence-electron chi connectivity index (χ4n) is 1.65. The van der Waals surface area contributed by atoms with Gasteiger partial charge in [0.05, 0.1) is 5.69 Å². The largest absolute Gasteiger partial charge is 0.398 e. The Hall–Kier alpha value is -1.67.